The lowest BCUT2D eigenvalue weighted by molar-refractivity contribution is 1.29. The van der Waals surface area contributed by atoms with Crippen molar-refractivity contribution in [2.75, 3.05) is 5.73 Å². The van der Waals surface area contributed by atoms with Crippen LogP contribution in [0.3, 0.4) is 0 Å². The molecule has 0 amide bonds. The molecule has 0 saturated carbocycles. The third-order valence-electron chi connectivity index (χ3n) is 1.78. The fourth-order valence-electron chi connectivity index (χ4n) is 1.03. The van der Waals surface area contributed by atoms with Crippen LogP contribution < -0.4 is 5.73 Å². The number of pyridine rings is 1. The number of imidazole rings is 1. The summed E-state index contributed by atoms with van der Waals surface area (Å²) in [6.07, 6.45) is 1.54. The molecule has 0 aliphatic carbocycles. The largest absolute Gasteiger partial charge is 0.383 e. The molecule has 0 fully saturated rings. The summed E-state index contributed by atoms with van der Waals surface area (Å²) >= 11 is 5.98. The van der Waals surface area contributed by atoms with E-state index in [1.807, 2.05) is 6.92 Å². The second kappa shape index (κ2) is 2.35. The van der Waals surface area contributed by atoms with Crippen molar-refractivity contribution in [1.82, 2.24) is 15.0 Å². The molecule has 4 nitrogen and oxygen atoms in total. The number of fused-ring (bicyclic) bond motifs is 1. The first-order chi connectivity index (χ1) is 5.70. The Kier molecular flexibility index (Phi) is 1.44. The second-order valence-corrected chi connectivity index (χ2v) is 2.92. The third kappa shape index (κ3) is 0.848. The maximum Gasteiger partial charge on any atom is 0.180 e. The molecule has 3 N–H and O–H groups in total. The van der Waals surface area contributed by atoms with Gasteiger partial charge in [-0.15, -0.1) is 0 Å². The number of aromatic amines is 1. The number of halogens is 1. The fraction of sp³-hybridized carbons (Fsp3) is 0.143. The van der Waals surface area contributed by atoms with Gasteiger partial charge in [0.2, 0.25) is 0 Å². The molecule has 2 aromatic rings. The van der Waals surface area contributed by atoms with Gasteiger partial charge in [-0.2, -0.15) is 0 Å². The molecule has 0 atom stereocenters. The molecule has 5 heteroatoms. The number of nitrogens with two attached hydrogens (primary N) is 1. The first kappa shape index (κ1) is 7.36. The topological polar surface area (TPSA) is 67.6 Å². The molecule has 12 heavy (non-hydrogen) atoms. The highest BCUT2D eigenvalue weighted by Gasteiger charge is 2.08. The van der Waals surface area contributed by atoms with Crippen LogP contribution in [0.25, 0.3) is 11.2 Å². The number of hydrogen-bond acceptors (Lipinski definition) is 3. The van der Waals surface area contributed by atoms with Crippen LogP contribution in [0, 0.1) is 6.92 Å². The summed E-state index contributed by atoms with van der Waals surface area (Å²) in [6.45, 7) is 1.82. The van der Waals surface area contributed by atoms with E-state index < -0.39 is 0 Å². The summed E-state index contributed by atoms with van der Waals surface area (Å²) in [4.78, 5) is 10.9. The van der Waals surface area contributed by atoms with Crippen LogP contribution in [0.4, 0.5) is 5.82 Å². The number of H-pyrrole nitrogens is 1. The smallest absolute Gasteiger partial charge is 0.180 e. The van der Waals surface area contributed by atoms with Crippen LogP contribution in [-0.2, 0) is 0 Å². The van der Waals surface area contributed by atoms with Gasteiger partial charge in [0.15, 0.2) is 5.65 Å². The van der Waals surface area contributed by atoms with Crippen molar-refractivity contribution < 1.29 is 0 Å². The zero-order valence-corrected chi connectivity index (χ0v) is 7.18. The fourth-order valence-corrected chi connectivity index (χ4v) is 1.27. The van der Waals surface area contributed by atoms with E-state index in [0.717, 1.165) is 11.1 Å². The molecule has 0 saturated heterocycles. The average Bonchev–Trinajstić information content (AvgIpc) is 2.48. The second-order valence-electron chi connectivity index (χ2n) is 2.54. The third-order valence-corrected chi connectivity index (χ3v) is 2.25. The molecule has 0 aromatic carbocycles. The highest BCUT2D eigenvalue weighted by atomic mass is 35.5. The molecule has 0 unspecified atom stereocenters. The molecule has 0 spiro atoms. The summed E-state index contributed by atoms with van der Waals surface area (Å²) in [5.41, 5.74) is 7.68. The first-order valence-electron chi connectivity index (χ1n) is 3.45. The lowest BCUT2D eigenvalue weighted by Gasteiger charge is -2.00. The Morgan fingerprint density at radius 3 is 3.08 bits per heavy atom. The van der Waals surface area contributed by atoms with Gasteiger partial charge in [0.05, 0.1) is 11.3 Å². The van der Waals surface area contributed by atoms with Crippen molar-refractivity contribution in [3.05, 3.63) is 16.9 Å². The number of hydrogen-bond donors (Lipinski definition) is 2. The van der Waals surface area contributed by atoms with Crippen LogP contribution in [0.15, 0.2) is 6.33 Å². The van der Waals surface area contributed by atoms with E-state index >= 15 is 0 Å². The number of anilines is 1. The molecule has 0 bridgehead atoms. The van der Waals surface area contributed by atoms with Crippen molar-refractivity contribution in [1.29, 1.82) is 0 Å². The molecule has 2 heterocycles. The summed E-state index contributed by atoms with van der Waals surface area (Å²) < 4.78 is 0. The van der Waals surface area contributed by atoms with Crippen molar-refractivity contribution in [3.8, 4) is 0 Å². The van der Waals surface area contributed by atoms with Crippen LogP contribution in [0.2, 0.25) is 5.02 Å². The van der Waals surface area contributed by atoms with Gasteiger partial charge in [0.25, 0.3) is 0 Å². The average molecular weight is 183 g/mol. The Balaban J connectivity index is 2.94. The van der Waals surface area contributed by atoms with E-state index in [4.69, 9.17) is 17.3 Å². The van der Waals surface area contributed by atoms with E-state index in [2.05, 4.69) is 15.0 Å². The predicted molar refractivity (Wildman–Crippen MR) is 48.0 cm³/mol. The van der Waals surface area contributed by atoms with E-state index in [1.54, 1.807) is 6.33 Å². The quantitative estimate of drug-likeness (QED) is 0.649. The van der Waals surface area contributed by atoms with Gasteiger partial charge in [-0.3, -0.25) is 0 Å². The summed E-state index contributed by atoms with van der Waals surface area (Å²) in [5, 5.41) is 0.593. The van der Waals surface area contributed by atoms with Crippen molar-refractivity contribution in [2.24, 2.45) is 0 Å². The van der Waals surface area contributed by atoms with Crippen molar-refractivity contribution in [3.63, 3.8) is 0 Å². The molecule has 62 valence electrons. The van der Waals surface area contributed by atoms with E-state index in [0.29, 0.717) is 16.5 Å². The maximum absolute atomic E-state index is 5.98. The SMILES string of the molecule is Cc1c(N)nc2nc[nH]c2c1Cl. The van der Waals surface area contributed by atoms with Gasteiger partial charge in [0.1, 0.15) is 11.3 Å². The number of rotatable bonds is 0. The minimum absolute atomic E-state index is 0.430. The molecular formula is C7H7ClN4. The zero-order valence-electron chi connectivity index (χ0n) is 6.43. The number of nitrogen functional groups attached to an aromatic ring is 1. The van der Waals surface area contributed by atoms with Crippen molar-refractivity contribution in [2.45, 2.75) is 6.92 Å². The van der Waals surface area contributed by atoms with Gasteiger partial charge in [-0.25, -0.2) is 9.97 Å². The van der Waals surface area contributed by atoms with Crippen LogP contribution >= 0.6 is 11.6 Å². The molecule has 2 rings (SSSR count). The number of nitrogens with one attached hydrogen (secondary N) is 1. The Labute approximate surface area is 73.8 Å². The van der Waals surface area contributed by atoms with Gasteiger partial charge in [0, 0.05) is 5.56 Å². The molecular weight excluding hydrogens is 176 g/mol. The Hall–Kier alpha value is -1.29. The van der Waals surface area contributed by atoms with Crippen LogP contribution in [-0.4, -0.2) is 15.0 Å². The minimum atomic E-state index is 0.430. The number of nitrogens with zero attached hydrogens (tertiary/aromatic N) is 2. The summed E-state index contributed by atoms with van der Waals surface area (Å²) in [5.74, 6) is 0.430. The molecule has 0 aliphatic rings. The Morgan fingerprint density at radius 1 is 1.58 bits per heavy atom. The highest BCUT2D eigenvalue weighted by molar-refractivity contribution is 6.35. The van der Waals surface area contributed by atoms with Gasteiger partial charge in [-0.05, 0) is 6.92 Å². The van der Waals surface area contributed by atoms with Crippen molar-refractivity contribution >= 4 is 28.6 Å². The lowest BCUT2D eigenvalue weighted by atomic mass is 10.3. The molecule has 0 radical (unpaired) electrons. The van der Waals surface area contributed by atoms with E-state index in [1.165, 1.54) is 0 Å². The monoisotopic (exact) mass is 182 g/mol. The van der Waals surface area contributed by atoms with E-state index in [9.17, 15) is 0 Å². The maximum atomic E-state index is 5.98. The summed E-state index contributed by atoms with van der Waals surface area (Å²) in [7, 11) is 0. The normalized spacial score (nSPS) is 10.8. The predicted octanol–water partition coefficient (Wildman–Crippen LogP) is 1.50. The minimum Gasteiger partial charge on any atom is -0.383 e. The molecule has 2 aromatic heterocycles. The first-order valence-corrected chi connectivity index (χ1v) is 3.82. The van der Waals surface area contributed by atoms with E-state index in [-0.39, 0.29) is 0 Å². The van der Waals surface area contributed by atoms with Gasteiger partial charge < -0.3 is 10.7 Å². The Bertz CT molecular complexity index is 434. The van der Waals surface area contributed by atoms with Gasteiger partial charge in [-0.1, -0.05) is 11.6 Å². The number of aromatic nitrogens is 3. The summed E-state index contributed by atoms with van der Waals surface area (Å²) in [6, 6.07) is 0. The lowest BCUT2D eigenvalue weighted by Crippen LogP contribution is -1.95. The van der Waals surface area contributed by atoms with Crippen LogP contribution in [0.1, 0.15) is 5.56 Å². The zero-order chi connectivity index (χ0) is 8.72. The standard InChI is InChI=1S/C7H7ClN4/c1-3-4(8)5-7(11-2-10-5)12-6(3)9/h2H,1H3,(H3,9,10,11,12). The highest BCUT2D eigenvalue weighted by Crippen LogP contribution is 2.25. The molecule has 0 aliphatic heterocycles. The van der Waals surface area contributed by atoms with Gasteiger partial charge >= 0.3 is 0 Å². The van der Waals surface area contributed by atoms with Crippen LogP contribution in [0.5, 0.6) is 0 Å². The Morgan fingerprint density at radius 2 is 2.33 bits per heavy atom.